The average molecular weight is 316 g/mol. The molecule has 0 aliphatic carbocycles. The molecule has 3 heterocycles. The van der Waals surface area contributed by atoms with Crippen LogP contribution < -0.4 is 10.6 Å². The number of dihydropyridines is 1. The van der Waals surface area contributed by atoms with Crippen LogP contribution >= 0.6 is 0 Å². The summed E-state index contributed by atoms with van der Waals surface area (Å²) in [5, 5.41) is 11.3. The van der Waals surface area contributed by atoms with E-state index in [0.717, 1.165) is 0 Å². The molecule has 3 atom stereocenters. The second-order valence-corrected chi connectivity index (χ2v) is 7.26. The number of allylic oxidation sites excluding steroid dienone is 2. The van der Waals surface area contributed by atoms with Gasteiger partial charge in [-0.05, 0) is 58.0 Å². The van der Waals surface area contributed by atoms with Gasteiger partial charge in [-0.1, -0.05) is 6.08 Å². The summed E-state index contributed by atoms with van der Waals surface area (Å²) in [5.41, 5.74) is 2.55. The lowest BCUT2D eigenvalue weighted by atomic mass is 9.77. The number of fused-ring (bicyclic) bond motifs is 3. The Morgan fingerprint density at radius 3 is 2.61 bits per heavy atom. The SMILES string of the molecule is CC1NC(=O)CC2=CN(N(C(C)C)C(C)C)C3NC=CC=C3C21. The van der Waals surface area contributed by atoms with E-state index in [4.69, 9.17) is 0 Å². The number of rotatable bonds is 3. The third-order valence-corrected chi connectivity index (χ3v) is 4.85. The van der Waals surface area contributed by atoms with Gasteiger partial charge in [0.15, 0.2) is 0 Å². The molecule has 3 aliphatic heterocycles. The van der Waals surface area contributed by atoms with Crippen molar-refractivity contribution in [1.29, 1.82) is 0 Å². The van der Waals surface area contributed by atoms with Gasteiger partial charge in [0.1, 0.15) is 6.17 Å². The molecule has 23 heavy (non-hydrogen) atoms. The maximum absolute atomic E-state index is 12.0. The Morgan fingerprint density at radius 2 is 1.96 bits per heavy atom. The van der Waals surface area contributed by atoms with Crippen LogP contribution in [-0.2, 0) is 4.79 Å². The number of nitrogens with one attached hydrogen (secondary N) is 2. The highest BCUT2D eigenvalue weighted by Gasteiger charge is 2.42. The minimum Gasteiger partial charge on any atom is -0.367 e. The fraction of sp³-hybridized carbons (Fsp3) is 0.611. The average Bonchev–Trinajstić information content (AvgIpc) is 2.45. The van der Waals surface area contributed by atoms with Gasteiger partial charge in [-0.2, -0.15) is 0 Å². The highest BCUT2D eigenvalue weighted by molar-refractivity contribution is 5.81. The van der Waals surface area contributed by atoms with Crippen LogP contribution in [0.15, 0.2) is 35.7 Å². The molecule has 0 aromatic heterocycles. The van der Waals surface area contributed by atoms with E-state index in [-0.39, 0.29) is 24.0 Å². The lowest BCUT2D eigenvalue weighted by Gasteiger charge is -2.51. The van der Waals surface area contributed by atoms with Crippen LogP contribution in [0.3, 0.4) is 0 Å². The fourth-order valence-electron chi connectivity index (χ4n) is 4.20. The molecule has 2 N–H and O–H groups in total. The van der Waals surface area contributed by atoms with Crippen LogP contribution in [0.25, 0.3) is 0 Å². The number of carbonyl (C=O) groups is 1. The zero-order valence-electron chi connectivity index (χ0n) is 14.7. The predicted molar refractivity (Wildman–Crippen MR) is 91.9 cm³/mol. The van der Waals surface area contributed by atoms with Gasteiger partial charge in [0.2, 0.25) is 5.91 Å². The van der Waals surface area contributed by atoms with Crippen molar-refractivity contribution >= 4 is 5.91 Å². The first-order valence-electron chi connectivity index (χ1n) is 8.59. The van der Waals surface area contributed by atoms with Crippen molar-refractivity contribution in [2.75, 3.05) is 0 Å². The summed E-state index contributed by atoms with van der Waals surface area (Å²) in [7, 11) is 0. The van der Waals surface area contributed by atoms with Crippen molar-refractivity contribution < 1.29 is 4.79 Å². The summed E-state index contributed by atoms with van der Waals surface area (Å²) in [6.45, 7) is 10.9. The predicted octanol–water partition coefficient (Wildman–Crippen LogP) is 2.11. The molecule has 1 amide bonds. The number of carbonyl (C=O) groups excluding carboxylic acids is 1. The Balaban J connectivity index is 2.05. The molecule has 0 spiro atoms. The number of hydrazine groups is 1. The van der Waals surface area contributed by atoms with Crippen molar-refractivity contribution in [3.63, 3.8) is 0 Å². The van der Waals surface area contributed by atoms with E-state index in [0.29, 0.717) is 18.5 Å². The Hall–Kier alpha value is -1.75. The minimum absolute atomic E-state index is 0.121. The zero-order chi connectivity index (χ0) is 16.7. The topological polar surface area (TPSA) is 47.6 Å². The Bertz CT molecular complexity index is 568. The molecule has 1 saturated heterocycles. The molecule has 0 aromatic carbocycles. The van der Waals surface area contributed by atoms with Crippen molar-refractivity contribution in [2.24, 2.45) is 5.92 Å². The summed E-state index contributed by atoms with van der Waals surface area (Å²) in [4.78, 5) is 12.0. The van der Waals surface area contributed by atoms with E-state index in [1.807, 2.05) is 6.20 Å². The zero-order valence-corrected chi connectivity index (χ0v) is 14.7. The molecule has 0 aromatic rings. The molecular formula is C18H28N4O. The van der Waals surface area contributed by atoms with E-state index in [1.54, 1.807) is 0 Å². The molecule has 5 heteroatoms. The largest absolute Gasteiger partial charge is 0.367 e. The number of piperidine rings is 1. The highest BCUT2D eigenvalue weighted by atomic mass is 16.1. The Labute approximate surface area is 139 Å². The second kappa shape index (κ2) is 6.04. The first kappa shape index (κ1) is 16.1. The van der Waals surface area contributed by atoms with Crippen molar-refractivity contribution in [1.82, 2.24) is 20.7 Å². The first-order valence-corrected chi connectivity index (χ1v) is 8.59. The molecule has 3 rings (SSSR count). The van der Waals surface area contributed by atoms with Crippen LogP contribution in [0.5, 0.6) is 0 Å². The molecule has 5 nitrogen and oxygen atoms in total. The third-order valence-electron chi connectivity index (χ3n) is 4.85. The molecule has 3 aliphatic rings. The maximum atomic E-state index is 12.0. The molecule has 0 bridgehead atoms. The smallest absolute Gasteiger partial charge is 0.224 e. The van der Waals surface area contributed by atoms with Crippen LogP contribution in [0.4, 0.5) is 0 Å². The molecule has 3 unspecified atom stereocenters. The van der Waals surface area contributed by atoms with Crippen LogP contribution in [0.1, 0.15) is 41.0 Å². The van der Waals surface area contributed by atoms with Crippen LogP contribution in [0.2, 0.25) is 0 Å². The van der Waals surface area contributed by atoms with Gasteiger partial charge in [-0.15, -0.1) is 0 Å². The Kier molecular flexibility index (Phi) is 4.23. The standard InChI is InChI=1S/C18H28N4O/c1-11(2)22(12(3)4)21-10-14-9-16(23)20-13(5)17(14)15-7-6-8-19-18(15)21/h6-8,10-13,17-19H,9H2,1-5H3,(H,20,23). The van der Waals surface area contributed by atoms with Gasteiger partial charge in [0, 0.05) is 30.2 Å². The van der Waals surface area contributed by atoms with Crippen molar-refractivity contribution in [2.45, 2.75) is 65.3 Å². The summed E-state index contributed by atoms with van der Waals surface area (Å²) in [6, 6.07) is 0.901. The monoisotopic (exact) mass is 316 g/mol. The van der Waals surface area contributed by atoms with Gasteiger partial charge < -0.3 is 10.6 Å². The van der Waals surface area contributed by atoms with Gasteiger partial charge in [0.25, 0.3) is 0 Å². The quantitative estimate of drug-likeness (QED) is 0.837. The van der Waals surface area contributed by atoms with Gasteiger partial charge in [-0.25, -0.2) is 5.01 Å². The Morgan fingerprint density at radius 1 is 1.26 bits per heavy atom. The lowest BCUT2D eigenvalue weighted by molar-refractivity contribution is -0.123. The number of nitrogens with zero attached hydrogens (tertiary/aromatic N) is 2. The summed E-state index contributed by atoms with van der Waals surface area (Å²) >= 11 is 0. The van der Waals surface area contributed by atoms with E-state index >= 15 is 0 Å². The molecule has 1 fully saturated rings. The van der Waals surface area contributed by atoms with Crippen molar-refractivity contribution in [3.8, 4) is 0 Å². The summed E-state index contributed by atoms with van der Waals surface area (Å²) in [5.74, 6) is 0.409. The maximum Gasteiger partial charge on any atom is 0.224 e. The second-order valence-electron chi connectivity index (χ2n) is 7.26. The summed E-state index contributed by atoms with van der Waals surface area (Å²) in [6.07, 6.45) is 9.09. The highest BCUT2D eigenvalue weighted by Crippen LogP contribution is 2.39. The molecule has 0 saturated carbocycles. The van der Waals surface area contributed by atoms with Crippen molar-refractivity contribution in [3.05, 3.63) is 35.7 Å². The summed E-state index contributed by atoms with van der Waals surface area (Å²) < 4.78 is 0. The van der Waals surface area contributed by atoms with Crippen LogP contribution in [-0.4, -0.2) is 40.2 Å². The van der Waals surface area contributed by atoms with Gasteiger partial charge in [0.05, 0.1) is 6.42 Å². The molecule has 126 valence electrons. The van der Waals surface area contributed by atoms with Gasteiger partial charge >= 0.3 is 0 Å². The third kappa shape index (κ3) is 2.78. The normalized spacial score (nSPS) is 29.8. The fourth-order valence-corrected chi connectivity index (χ4v) is 4.20. The van der Waals surface area contributed by atoms with Crippen LogP contribution in [0, 0.1) is 5.92 Å². The van der Waals surface area contributed by atoms with E-state index in [1.165, 1.54) is 11.1 Å². The first-order chi connectivity index (χ1) is 10.9. The van der Waals surface area contributed by atoms with E-state index < -0.39 is 0 Å². The van der Waals surface area contributed by atoms with Gasteiger partial charge in [-0.3, -0.25) is 9.80 Å². The number of hydrogen-bond donors (Lipinski definition) is 2. The number of amides is 1. The molecular weight excluding hydrogens is 288 g/mol. The minimum atomic E-state index is 0.121. The molecule has 0 radical (unpaired) electrons. The number of hydrogen-bond acceptors (Lipinski definition) is 4. The lowest BCUT2D eigenvalue weighted by Crippen LogP contribution is -2.61. The van der Waals surface area contributed by atoms with E-state index in [9.17, 15) is 4.79 Å². The van der Waals surface area contributed by atoms with E-state index in [2.05, 4.69) is 73.6 Å².